The molecule has 3 atom stereocenters. The van der Waals surface area contributed by atoms with E-state index in [0.29, 0.717) is 0 Å². The smallest absolute Gasteiger partial charge is 0.320 e. The summed E-state index contributed by atoms with van der Waals surface area (Å²) < 4.78 is 5.62. The molecule has 4 nitrogen and oxygen atoms in total. The fourth-order valence-electron chi connectivity index (χ4n) is 2.33. The Balaban J connectivity index is 2.58. The molecule has 0 radical (unpaired) electrons. The Morgan fingerprint density at radius 2 is 2.00 bits per heavy atom. The van der Waals surface area contributed by atoms with Crippen LogP contribution in [0.4, 0.5) is 0 Å². The molecule has 1 fully saturated rings. The van der Waals surface area contributed by atoms with Crippen molar-refractivity contribution in [3.63, 3.8) is 0 Å². The Kier molecular flexibility index (Phi) is 5.22. The van der Waals surface area contributed by atoms with Gasteiger partial charge in [0, 0.05) is 13.1 Å². The Hall–Kier alpha value is -0.610. The Morgan fingerprint density at radius 3 is 2.44 bits per heavy atom. The van der Waals surface area contributed by atoms with E-state index in [1.165, 1.54) is 0 Å². The Labute approximate surface area is 97.6 Å². The largest absolute Gasteiger partial charge is 0.480 e. The van der Waals surface area contributed by atoms with Gasteiger partial charge in [-0.25, -0.2) is 0 Å². The monoisotopic (exact) mass is 229 g/mol. The van der Waals surface area contributed by atoms with Crippen LogP contribution in [0.1, 0.15) is 40.0 Å². The van der Waals surface area contributed by atoms with Crippen LogP contribution in [0.5, 0.6) is 0 Å². The molecule has 0 aromatic rings. The standard InChI is InChI=1S/C12H23NO3/c1-4-5-6-11(12(14)15)13-7-9(2)16-10(3)8-13/h9-11H,4-8H2,1-3H3,(H,14,15). The van der Waals surface area contributed by atoms with Gasteiger partial charge < -0.3 is 9.84 Å². The van der Waals surface area contributed by atoms with Gasteiger partial charge in [0.15, 0.2) is 0 Å². The molecule has 1 N–H and O–H groups in total. The highest BCUT2D eigenvalue weighted by Crippen LogP contribution is 2.17. The van der Waals surface area contributed by atoms with Crippen molar-refractivity contribution in [2.45, 2.75) is 58.3 Å². The minimum absolute atomic E-state index is 0.132. The molecule has 1 rings (SSSR count). The summed E-state index contributed by atoms with van der Waals surface area (Å²) in [6, 6.07) is -0.339. The number of aliphatic carboxylic acids is 1. The van der Waals surface area contributed by atoms with E-state index >= 15 is 0 Å². The second-order valence-electron chi connectivity index (χ2n) is 4.71. The number of carboxylic acids is 1. The lowest BCUT2D eigenvalue weighted by Gasteiger charge is -2.38. The van der Waals surface area contributed by atoms with E-state index in [0.717, 1.165) is 32.4 Å². The topological polar surface area (TPSA) is 49.8 Å². The maximum Gasteiger partial charge on any atom is 0.320 e. The van der Waals surface area contributed by atoms with E-state index in [2.05, 4.69) is 11.8 Å². The van der Waals surface area contributed by atoms with E-state index < -0.39 is 5.97 Å². The molecular formula is C12H23NO3. The number of morpholine rings is 1. The number of nitrogens with zero attached hydrogens (tertiary/aromatic N) is 1. The zero-order valence-electron chi connectivity index (χ0n) is 10.5. The molecule has 0 saturated carbocycles. The van der Waals surface area contributed by atoms with E-state index in [1.807, 2.05) is 13.8 Å². The SMILES string of the molecule is CCCCC(C(=O)O)N1CC(C)OC(C)C1. The fraction of sp³-hybridized carbons (Fsp3) is 0.917. The highest BCUT2D eigenvalue weighted by molar-refractivity contribution is 5.73. The van der Waals surface area contributed by atoms with E-state index in [9.17, 15) is 9.90 Å². The van der Waals surface area contributed by atoms with Crippen LogP contribution in [0.25, 0.3) is 0 Å². The molecule has 4 heteroatoms. The summed E-state index contributed by atoms with van der Waals surface area (Å²) in [7, 11) is 0. The van der Waals surface area contributed by atoms with E-state index in [1.54, 1.807) is 0 Å². The van der Waals surface area contributed by atoms with Crippen LogP contribution < -0.4 is 0 Å². The average molecular weight is 229 g/mol. The average Bonchev–Trinajstić information content (AvgIpc) is 2.16. The maximum absolute atomic E-state index is 11.2. The van der Waals surface area contributed by atoms with Gasteiger partial charge in [-0.2, -0.15) is 0 Å². The zero-order valence-corrected chi connectivity index (χ0v) is 10.5. The van der Waals surface area contributed by atoms with Gasteiger partial charge in [0.25, 0.3) is 0 Å². The molecular weight excluding hydrogens is 206 g/mol. The van der Waals surface area contributed by atoms with Crippen molar-refractivity contribution in [2.24, 2.45) is 0 Å². The molecule has 0 aliphatic carbocycles. The number of hydrogen-bond donors (Lipinski definition) is 1. The van der Waals surface area contributed by atoms with Crippen molar-refractivity contribution in [2.75, 3.05) is 13.1 Å². The number of hydrogen-bond acceptors (Lipinski definition) is 3. The summed E-state index contributed by atoms with van der Waals surface area (Å²) in [6.07, 6.45) is 3.01. The second kappa shape index (κ2) is 6.21. The minimum Gasteiger partial charge on any atom is -0.480 e. The van der Waals surface area contributed by atoms with Gasteiger partial charge in [0.1, 0.15) is 6.04 Å². The molecule has 3 unspecified atom stereocenters. The van der Waals surface area contributed by atoms with Crippen molar-refractivity contribution in [3.05, 3.63) is 0 Å². The normalized spacial score (nSPS) is 28.9. The molecule has 0 bridgehead atoms. The summed E-state index contributed by atoms with van der Waals surface area (Å²) in [5, 5.41) is 9.24. The van der Waals surface area contributed by atoms with Crippen LogP contribution in [-0.4, -0.2) is 47.3 Å². The van der Waals surface area contributed by atoms with Gasteiger partial charge in [-0.3, -0.25) is 9.69 Å². The van der Waals surface area contributed by atoms with Gasteiger partial charge in [0.05, 0.1) is 12.2 Å². The molecule has 1 saturated heterocycles. The van der Waals surface area contributed by atoms with E-state index in [-0.39, 0.29) is 18.2 Å². The lowest BCUT2D eigenvalue weighted by molar-refractivity contribution is -0.149. The number of unbranched alkanes of at least 4 members (excludes halogenated alkanes) is 1. The third kappa shape index (κ3) is 3.76. The molecule has 94 valence electrons. The van der Waals surface area contributed by atoms with Crippen LogP contribution in [0, 0.1) is 0 Å². The van der Waals surface area contributed by atoms with Crippen molar-refractivity contribution in [1.29, 1.82) is 0 Å². The van der Waals surface area contributed by atoms with Gasteiger partial charge in [-0.05, 0) is 20.3 Å². The molecule has 0 aromatic carbocycles. The van der Waals surface area contributed by atoms with Gasteiger partial charge in [0.2, 0.25) is 0 Å². The molecule has 0 aromatic heterocycles. The lowest BCUT2D eigenvalue weighted by Crippen LogP contribution is -2.52. The van der Waals surface area contributed by atoms with Gasteiger partial charge in [-0.15, -0.1) is 0 Å². The molecule has 1 aliphatic rings. The third-order valence-electron chi connectivity index (χ3n) is 3.00. The summed E-state index contributed by atoms with van der Waals surface area (Å²) in [5.41, 5.74) is 0. The lowest BCUT2D eigenvalue weighted by atomic mass is 10.1. The summed E-state index contributed by atoms with van der Waals surface area (Å²) >= 11 is 0. The summed E-state index contributed by atoms with van der Waals surface area (Å²) in [5.74, 6) is -0.699. The predicted molar refractivity (Wildman–Crippen MR) is 62.5 cm³/mol. The van der Waals surface area contributed by atoms with Crippen molar-refractivity contribution >= 4 is 5.97 Å². The number of carbonyl (C=O) groups is 1. The number of rotatable bonds is 5. The number of ether oxygens (including phenoxy) is 1. The third-order valence-corrected chi connectivity index (χ3v) is 3.00. The molecule has 1 aliphatic heterocycles. The molecule has 0 amide bonds. The van der Waals surface area contributed by atoms with Crippen molar-refractivity contribution in [3.8, 4) is 0 Å². The van der Waals surface area contributed by atoms with Crippen LogP contribution in [0.15, 0.2) is 0 Å². The Morgan fingerprint density at radius 1 is 1.44 bits per heavy atom. The van der Waals surface area contributed by atoms with Crippen LogP contribution in [0.2, 0.25) is 0 Å². The first-order chi connectivity index (χ1) is 7.54. The molecule has 16 heavy (non-hydrogen) atoms. The first kappa shape index (κ1) is 13.5. The number of carboxylic acid groups (broad SMARTS) is 1. The van der Waals surface area contributed by atoms with Crippen LogP contribution >= 0.6 is 0 Å². The predicted octanol–water partition coefficient (Wildman–Crippen LogP) is 1.74. The second-order valence-corrected chi connectivity index (χ2v) is 4.71. The maximum atomic E-state index is 11.2. The fourth-order valence-corrected chi connectivity index (χ4v) is 2.33. The minimum atomic E-state index is -0.699. The van der Waals surface area contributed by atoms with Gasteiger partial charge >= 0.3 is 5.97 Å². The summed E-state index contributed by atoms with van der Waals surface area (Å²) in [6.45, 7) is 7.54. The van der Waals surface area contributed by atoms with Crippen LogP contribution in [0.3, 0.4) is 0 Å². The molecule has 1 heterocycles. The van der Waals surface area contributed by atoms with Gasteiger partial charge in [-0.1, -0.05) is 19.8 Å². The van der Waals surface area contributed by atoms with Crippen LogP contribution in [-0.2, 0) is 9.53 Å². The Bertz CT molecular complexity index is 222. The summed E-state index contributed by atoms with van der Waals surface area (Å²) in [4.78, 5) is 13.3. The van der Waals surface area contributed by atoms with Crippen molar-refractivity contribution in [1.82, 2.24) is 4.90 Å². The highest BCUT2D eigenvalue weighted by Gasteiger charge is 2.31. The zero-order chi connectivity index (χ0) is 12.1. The first-order valence-electron chi connectivity index (χ1n) is 6.17. The quantitative estimate of drug-likeness (QED) is 0.780. The van der Waals surface area contributed by atoms with E-state index in [4.69, 9.17) is 4.74 Å². The first-order valence-corrected chi connectivity index (χ1v) is 6.17. The molecule has 0 spiro atoms. The van der Waals surface area contributed by atoms with Crippen molar-refractivity contribution < 1.29 is 14.6 Å². The highest BCUT2D eigenvalue weighted by atomic mass is 16.5.